The highest BCUT2D eigenvalue weighted by molar-refractivity contribution is 5.86. The molecular weight excluding hydrogens is 196 g/mol. The van der Waals surface area contributed by atoms with Crippen LogP contribution in [0.15, 0.2) is 0 Å². The van der Waals surface area contributed by atoms with Crippen LogP contribution in [0.5, 0.6) is 0 Å². The molecule has 0 radical (unpaired) electrons. The van der Waals surface area contributed by atoms with Crippen molar-refractivity contribution in [1.82, 2.24) is 0 Å². The van der Waals surface area contributed by atoms with Gasteiger partial charge in [0.2, 0.25) is 0 Å². The number of Topliss-reactive ketones (excluding diaryl/α,β-unsaturated/α-hetero) is 1. The van der Waals surface area contributed by atoms with E-state index in [-0.39, 0.29) is 5.41 Å². The quantitative estimate of drug-likeness (QED) is 0.608. The molecule has 0 amide bonds. The number of ketones is 1. The van der Waals surface area contributed by atoms with Gasteiger partial charge in [-0.2, -0.15) is 0 Å². The lowest BCUT2D eigenvalue weighted by molar-refractivity contribution is -0.140. The zero-order valence-corrected chi connectivity index (χ0v) is 11.0. The highest BCUT2D eigenvalue weighted by Crippen LogP contribution is 2.73. The van der Waals surface area contributed by atoms with Crippen molar-refractivity contribution in [2.45, 2.75) is 53.4 Å². The summed E-state index contributed by atoms with van der Waals surface area (Å²) in [5, 5.41) is 0. The molecule has 0 N–H and O–H groups in total. The van der Waals surface area contributed by atoms with Gasteiger partial charge in [0.25, 0.3) is 0 Å². The third-order valence-corrected chi connectivity index (χ3v) is 6.31. The predicted octanol–water partition coefficient (Wildman–Crippen LogP) is 3.67. The summed E-state index contributed by atoms with van der Waals surface area (Å²) in [5.41, 5.74) is 0.556. The van der Waals surface area contributed by atoms with Gasteiger partial charge in [-0.3, -0.25) is 4.79 Å². The second kappa shape index (κ2) is 2.91. The first kappa shape index (κ1) is 10.8. The molecule has 16 heavy (non-hydrogen) atoms. The van der Waals surface area contributed by atoms with Crippen LogP contribution in [0.25, 0.3) is 0 Å². The summed E-state index contributed by atoms with van der Waals surface area (Å²) in [4.78, 5) is 12.3. The molecule has 0 aromatic carbocycles. The van der Waals surface area contributed by atoms with E-state index >= 15 is 0 Å². The number of hydrogen-bond donors (Lipinski definition) is 0. The molecule has 90 valence electrons. The normalized spacial score (nSPS) is 54.1. The van der Waals surface area contributed by atoms with E-state index in [1.54, 1.807) is 0 Å². The Bertz CT molecular complexity index is 343. The lowest BCUT2D eigenvalue weighted by atomic mass is 9.56. The van der Waals surface area contributed by atoms with Crippen LogP contribution in [-0.4, -0.2) is 5.78 Å². The Morgan fingerprint density at radius 3 is 2.50 bits per heavy atom. The number of fused-ring (bicyclic) bond motifs is 3. The van der Waals surface area contributed by atoms with Crippen LogP contribution in [-0.2, 0) is 4.79 Å². The fourth-order valence-corrected chi connectivity index (χ4v) is 5.20. The number of rotatable bonds is 0. The minimum absolute atomic E-state index is 0.0343. The maximum atomic E-state index is 12.3. The Labute approximate surface area is 99.0 Å². The molecule has 1 nitrogen and oxygen atoms in total. The van der Waals surface area contributed by atoms with E-state index in [1.165, 1.54) is 6.42 Å². The summed E-state index contributed by atoms with van der Waals surface area (Å²) in [6, 6.07) is 0. The van der Waals surface area contributed by atoms with Gasteiger partial charge >= 0.3 is 0 Å². The summed E-state index contributed by atoms with van der Waals surface area (Å²) < 4.78 is 0. The molecule has 3 rings (SSSR count). The second-order valence-electron chi connectivity index (χ2n) is 7.37. The standard InChI is InChI=1S/C15H24O/c1-9-5-6-11(16)15(4)8-7-10-13(12(9)15)14(10,2)3/h9-10,12-13H,5-8H2,1-4H3/t9-,10-,12-,13+,15+/m1/s1. The van der Waals surface area contributed by atoms with Gasteiger partial charge < -0.3 is 0 Å². The third-order valence-electron chi connectivity index (χ3n) is 6.31. The molecule has 5 atom stereocenters. The largest absolute Gasteiger partial charge is 0.299 e. The van der Waals surface area contributed by atoms with Gasteiger partial charge in [0.15, 0.2) is 0 Å². The van der Waals surface area contributed by atoms with Crippen molar-refractivity contribution in [2.75, 3.05) is 0 Å². The van der Waals surface area contributed by atoms with Gasteiger partial charge in [-0.05, 0) is 48.3 Å². The van der Waals surface area contributed by atoms with Gasteiger partial charge in [0, 0.05) is 11.8 Å². The summed E-state index contributed by atoms with van der Waals surface area (Å²) in [7, 11) is 0. The number of carbonyl (C=O) groups is 1. The van der Waals surface area contributed by atoms with Crippen molar-refractivity contribution in [3.63, 3.8) is 0 Å². The van der Waals surface area contributed by atoms with Crippen LogP contribution in [0.4, 0.5) is 0 Å². The van der Waals surface area contributed by atoms with Gasteiger partial charge in [0.1, 0.15) is 5.78 Å². The number of hydrogen-bond acceptors (Lipinski definition) is 1. The fourth-order valence-electron chi connectivity index (χ4n) is 5.20. The van der Waals surface area contributed by atoms with Crippen LogP contribution in [0.3, 0.4) is 0 Å². The number of carbonyl (C=O) groups excluding carboxylic acids is 1. The Kier molecular flexibility index (Phi) is 1.97. The molecule has 0 saturated heterocycles. The second-order valence-corrected chi connectivity index (χ2v) is 7.37. The van der Waals surface area contributed by atoms with Crippen LogP contribution in [0.1, 0.15) is 53.4 Å². The monoisotopic (exact) mass is 220 g/mol. The predicted molar refractivity (Wildman–Crippen MR) is 65.0 cm³/mol. The van der Waals surface area contributed by atoms with E-state index < -0.39 is 0 Å². The molecule has 0 aliphatic heterocycles. The van der Waals surface area contributed by atoms with Gasteiger partial charge in [-0.1, -0.05) is 27.7 Å². The smallest absolute Gasteiger partial charge is 0.139 e. The van der Waals surface area contributed by atoms with Crippen molar-refractivity contribution in [3.05, 3.63) is 0 Å². The zero-order chi connectivity index (χ0) is 11.7. The molecule has 0 aromatic heterocycles. The zero-order valence-electron chi connectivity index (χ0n) is 11.0. The van der Waals surface area contributed by atoms with Crippen molar-refractivity contribution in [3.8, 4) is 0 Å². The Morgan fingerprint density at radius 1 is 1.12 bits per heavy atom. The molecule has 3 fully saturated rings. The van der Waals surface area contributed by atoms with Gasteiger partial charge in [-0.15, -0.1) is 0 Å². The lowest BCUT2D eigenvalue weighted by Crippen LogP contribution is -2.46. The van der Waals surface area contributed by atoms with Crippen LogP contribution in [0.2, 0.25) is 0 Å². The van der Waals surface area contributed by atoms with Crippen LogP contribution < -0.4 is 0 Å². The summed E-state index contributed by atoms with van der Waals surface area (Å²) in [6.45, 7) is 9.48. The molecule has 0 aromatic rings. The average molecular weight is 220 g/mol. The molecule has 3 aliphatic carbocycles. The maximum absolute atomic E-state index is 12.3. The molecule has 3 aliphatic rings. The van der Waals surface area contributed by atoms with Crippen molar-refractivity contribution < 1.29 is 4.79 Å². The minimum Gasteiger partial charge on any atom is -0.299 e. The van der Waals surface area contributed by atoms with Crippen molar-refractivity contribution in [1.29, 1.82) is 0 Å². The van der Waals surface area contributed by atoms with E-state index in [2.05, 4.69) is 27.7 Å². The van der Waals surface area contributed by atoms with Gasteiger partial charge in [-0.25, -0.2) is 0 Å². The van der Waals surface area contributed by atoms with Gasteiger partial charge in [0.05, 0.1) is 0 Å². The SMILES string of the molecule is C[C@@H]1CCC(=O)[C@]2(C)CC[C@@H]3[C@@H]([C@@H]12)C3(C)C. The molecule has 3 saturated carbocycles. The topological polar surface area (TPSA) is 17.1 Å². The summed E-state index contributed by atoms with van der Waals surface area (Å²) in [6.07, 6.45) is 4.43. The first-order valence-corrected chi connectivity index (χ1v) is 6.92. The van der Waals surface area contributed by atoms with E-state index in [1.807, 2.05) is 0 Å². The molecule has 0 heterocycles. The molecular formula is C15H24O. The van der Waals surface area contributed by atoms with Crippen molar-refractivity contribution >= 4 is 5.78 Å². The molecule has 0 spiro atoms. The van der Waals surface area contributed by atoms with E-state index in [0.29, 0.717) is 17.1 Å². The maximum Gasteiger partial charge on any atom is 0.139 e. The van der Waals surface area contributed by atoms with Crippen LogP contribution >= 0.6 is 0 Å². The summed E-state index contributed by atoms with van der Waals surface area (Å²) >= 11 is 0. The first-order valence-electron chi connectivity index (χ1n) is 6.92. The molecule has 0 bridgehead atoms. The fraction of sp³-hybridized carbons (Fsp3) is 0.933. The Balaban J connectivity index is 1.98. The Hall–Kier alpha value is -0.330. The summed E-state index contributed by atoms with van der Waals surface area (Å²) in [5.74, 6) is 3.76. The van der Waals surface area contributed by atoms with E-state index in [9.17, 15) is 4.79 Å². The van der Waals surface area contributed by atoms with E-state index in [0.717, 1.165) is 37.0 Å². The Morgan fingerprint density at radius 2 is 1.81 bits per heavy atom. The molecule has 0 unspecified atom stereocenters. The highest BCUT2D eigenvalue weighted by Gasteiger charge is 2.68. The third kappa shape index (κ3) is 1.10. The highest BCUT2D eigenvalue weighted by atomic mass is 16.1. The average Bonchev–Trinajstić information content (AvgIpc) is 2.76. The van der Waals surface area contributed by atoms with E-state index in [4.69, 9.17) is 0 Å². The first-order chi connectivity index (χ1) is 7.39. The molecule has 1 heteroatoms. The minimum atomic E-state index is 0.0343. The van der Waals surface area contributed by atoms with Crippen molar-refractivity contribution in [2.24, 2.45) is 34.5 Å². The lowest BCUT2D eigenvalue weighted by Gasteiger charge is -2.47. The van der Waals surface area contributed by atoms with Crippen LogP contribution in [0, 0.1) is 34.5 Å².